The highest BCUT2D eigenvalue weighted by molar-refractivity contribution is 4.86. The van der Waals surface area contributed by atoms with Crippen molar-refractivity contribution in [2.45, 2.75) is 93.8 Å². The summed E-state index contributed by atoms with van der Waals surface area (Å²) in [5, 5.41) is 3.01. The van der Waals surface area contributed by atoms with Gasteiger partial charge in [-0.1, -0.05) is 40.9 Å². The predicted molar refractivity (Wildman–Crippen MR) is 126 cm³/mol. The maximum atomic E-state index is 5.30. The summed E-state index contributed by atoms with van der Waals surface area (Å²) in [7, 11) is 3.85. The van der Waals surface area contributed by atoms with Crippen molar-refractivity contribution in [1.82, 2.24) is 10.2 Å². The summed E-state index contributed by atoms with van der Waals surface area (Å²) >= 11 is 0. The summed E-state index contributed by atoms with van der Waals surface area (Å²) in [6.45, 7) is 29.5. The second-order valence-electron chi connectivity index (χ2n) is 8.40. The minimum atomic E-state index is 0.384. The van der Waals surface area contributed by atoms with Gasteiger partial charge in [0.25, 0.3) is 0 Å². The maximum Gasteiger partial charge on any atom is 0.0515 e. The van der Waals surface area contributed by atoms with Gasteiger partial charge >= 0.3 is 0 Å². The van der Waals surface area contributed by atoms with E-state index in [1.165, 1.54) is 0 Å². The predicted octanol–water partition coefficient (Wildman–Crippen LogP) is 5.66. The first-order chi connectivity index (χ1) is 12.2. The van der Waals surface area contributed by atoms with Crippen molar-refractivity contribution in [3.05, 3.63) is 25.1 Å². The van der Waals surface area contributed by atoms with Crippen molar-refractivity contribution in [2.75, 3.05) is 20.7 Å². The summed E-state index contributed by atoms with van der Waals surface area (Å²) in [6.07, 6.45) is 3.05. The van der Waals surface area contributed by atoms with Crippen molar-refractivity contribution in [2.24, 2.45) is 17.6 Å². The highest BCUT2D eigenvalue weighted by Crippen LogP contribution is 2.01. The van der Waals surface area contributed by atoms with E-state index in [1.807, 2.05) is 13.8 Å². The van der Waals surface area contributed by atoms with E-state index >= 15 is 0 Å². The SMILES string of the molecule is C=C(N)CC(C)C.C=CNCC(C)C.CC(C)N(C)C(C)C.COC(C)C. The maximum absolute atomic E-state index is 5.30. The van der Waals surface area contributed by atoms with Gasteiger partial charge in [-0.25, -0.2) is 0 Å². The van der Waals surface area contributed by atoms with Gasteiger partial charge in [-0.2, -0.15) is 0 Å². The molecule has 0 aromatic rings. The Morgan fingerprint density at radius 2 is 1.33 bits per heavy atom. The van der Waals surface area contributed by atoms with Crippen LogP contribution >= 0.6 is 0 Å². The summed E-state index contributed by atoms with van der Waals surface area (Å²) in [4.78, 5) is 2.33. The van der Waals surface area contributed by atoms with Crippen LogP contribution in [0.1, 0.15) is 75.7 Å². The van der Waals surface area contributed by atoms with Crippen LogP contribution in [0, 0.1) is 11.8 Å². The lowest BCUT2D eigenvalue weighted by Crippen LogP contribution is -2.32. The zero-order valence-corrected chi connectivity index (χ0v) is 20.7. The Morgan fingerprint density at radius 3 is 1.37 bits per heavy atom. The van der Waals surface area contributed by atoms with Crippen LogP contribution in [0.2, 0.25) is 0 Å². The largest absolute Gasteiger partial charge is 0.403 e. The Balaban J connectivity index is -0.000000132. The fraction of sp³-hybridized carbons (Fsp3) is 0.826. The van der Waals surface area contributed by atoms with E-state index in [1.54, 1.807) is 13.3 Å². The molecule has 0 saturated carbocycles. The molecule has 0 fully saturated rings. The number of methoxy groups -OCH3 is 1. The van der Waals surface area contributed by atoms with Crippen molar-refractivity contribution in [3.63, 3.8) is 0 Å². The number of nitrogens with zero attached hydrogens (tertiary/aromatic N) is 1. The van der Waals surface area contributed by atoms with Crippen molar-refractivity contribution in [1.29, 1.82) is 0 Å². The molecule has 0 unspecified atom stereocenters. The Morgan fingerprint density at radius 1 is 0.963 bits per heavy atom. The Labute approximate surface area is 172 Å². The molecule has 4 heteroatoms. The second kappa shape index (κ2) is 23.0. The van der Waals surface area contributed by atoms with Crippen LogP contribution in [0.15, 0.2) is 25.1 Å². The first-order valence-electron chi connectivity index (χ1n) is 10.2. The Bertz CT molecular complexity index is 303. The molecule has 0 aliphatic carbocycles. The van der Waals surface area contributed by atoms with E-state index in [-0.39, 0.29) is 0 Å². The molecule has 0 spiro atoms. The molecule has 0 amide bonds. The standard InChI is InChI=1S/C7H17N.2C6H13N.C4H10O/c1-6(2)8(5)7(3)4;1-5(2)4-6(3)7;1-4-7-5-6(2)3;1-4(2)5-3/h6-7H,1-5H3;5H,3-4,7H2,1-2H3;4,6-7H,1,5H2,2-3H3;4H,1-3H3. The zero-order chi connectivity index (χ0) is 22.6. The third kappa shape index (κ3) is 45.8. The summed E-state index contributed by atoms with van der Waals surface area (Å²) in [6, 6.07) is 1.35. The normalized spacial score (nSPS) is 10.1. The quantitative estimate of drug-likeness (QED) is 0.564. The van der Waals surface area contributed by atoms with Gasteiger partial charge in [0.15, 0.2) is 0 Å². The average molecular weight is 388 g/mol. The van der Waals surface area contributed by atoms with E-state index in [4.69, 9.17) is 10.5 Å². The number of hydrogen-bond donors (Lipinski definition) is 2. The molecule has 166 valence electrons. The topological polar surface area (TPSA) is 50.5 Å². The minimum Gasteiger partial charge on any atom is -0.403 e. The molecule has 0 bridgehead atoms. The van der Waals surface area contributed by atoms with Crippen LogP contribution in [-0.2, 0) is 4.74 Å². The Kier molecular flexibility index (Phi) is 28.7. The van der Waals surface area contributed by atoms with Gasteiger partial charge in [-0.05, 0) is 73.0 Å². The highest BCUT2D eigenvalue weighted by atomic mass is 16.5. The van der Waals surface area contributed by atoms with Gasteiger partial charge in [0, 0.05) is 31.4 Å². The van der Waals surface area contributed by atoms with Crippen molar-refractivity contribution in [3.8, 4) is 0 Å². The Hall–Kier alpha value is -1.00. The fourth-order valence-corrected chi connectivity index (χ4v) is 1.44. The molecule has 0 saturated heterocycles. The molecule has 27 heavy (non-hydrogen) atoms. The number of ether oxygens (including phenoxy) is 1. The molecule has 4 nitrogen and oxygen atoms in total. The average Bonchev–Trinajstić information content (AvgIpc) is 2.52. The van der Waals surface area contributed by atoms with Gasteiger partial charge in [0.05, 0.1) is 6.10 Å². The number of hydrogen-bond acceptors (Lipinski definition) is 4. The third-order valence-electron chi connectivity index (χ3n) is 3.44. The lowest BCUT2D eigenvalue weighted by molar-refractivity contribution is 0.134. The molecule has 0 heterocycles. The van der Waals surface area contributed by atoms with Gasteiger partial charge in [0.2, 0.25) is 0 Å². The smallest absolute Gasteiger partial charge is 0.0515 e. The first-order valence-corrected chi connectivity index (χ1v) is 10.2. The molecule has 0 aliphatic heterocycles. The van der Waals surface area contributed by atoms with Crippen LogP contribution in [-0.4, -0.2) is 43.8 Å². The van der Waals surface area contributed by atoms with E-state index < -0.39 is 0 Å². The van der Waals surface area contributed by atoms with Gasteiger partial charge < -0.3 is 20.7 Å². The summed E-state index contributed by atoms with van der Waals surface area (Å²) in [5.74, 6) is 1.37. The van der Waals surface area contributed by atoms with Crippen LogP contribution in [0.4, 0.5) is 0 Å². The fourth-order valence-electron chi connectivity index (χ4n) is 1.44. The number of allylic oxidation sites excluding steroid dienone is 1. The number of nitrogens with two attached hydrogens (primary N) is 1. The second-order valence-corrected chi connectivity index (χ2v) is 8.40. The van der Waals surface area contributed by atoms with Crippen LogP contribution in [0.25, 0.3) is 0 Å². The van der Waals surface area contributed by atoms with E-state index in [0.29, 0.717) is 24.1 Å². The van der Waals surface area contributed by atoms with Crippen molar-refractivity contribution < 1.29 is 4.74 Å². The lowest BCUT2D eigenvalue weighted by Gasteiger charge is -2.24. The lowest BCUT2D eigenvalue weighted by atomic mass is 10.1. The minimum absolute atomic E-state index is 0.384. The van der Waals surface area contributed by atoms with Crippen LogP contribution in [0.3, 0.4) is 0 Å². The van der Waals surface area contributed by atoms with Crippen molar-refractivity contribution >= 4 is 0 Å². The molecule has 0 aromatic heterocycles. The first kappa shape index (κ1) is 33.6. The monoisotopic (exact) mass is 387 g/mol. The summed E-state index contributed by atoms with van der Waals surface area (Å²) in [5.41, 5.74) is 6.09. The van der Waals surface area contributed by atoms with Gasteiger partial charge in [-0.15, -0.1) is 0 Å². The molecular formula is C23H53N3O. The van der Waals surface area contributed by atoms with Gasteiger partial charge in [0.1, 0.15) is 0 Å². The molecule has 0 aliphatic rings. The van der Waals surface area contributed by atoms with E-state index in [2.05, 4.69) is 85.8 Å². The third-order valence-corrected chi connectivity index (χ3v) is 3.44. The van der Waals surface area contributed by atoms with E-state index in [9.17, 15) is 0 Å². The summed E-state index contributed by atoms with van der Waals surface area (Å²) < 4.78 is 4.75. The molecular weight excluding hydrogens is 334 g/mol. The molecule has 0 atom stereocenters. The zero-order valence-electron chi connectivity index (χ0n) is 20.7. The van der Waals surface area contributed by atoms with Gasteiger partial charge in [-0.3, -0.25) is 0 Å². The number of rotatable bonds is 8. The molecule has 0 aromatic carbocycles. The highest BCUT2D eigenvalue weighted by Gasteiger charge is 2.04. The molecule has 3 N–H and O–H groups in total. The number of nitrogens with one attached hydrogen (secondary N) is 1. The molecule has 0 rings (SSSR count). The van der Waals surface area contributed by atoms with Crippen LogP contribution in [0.5, 0.6) is 0 Å². The molecule has 0 radical (unpaired) electrons. The van der Waals surface area contributed by atoms with Crippen LogP contribution < -0.4 is 11.1 Å². The van der Waals surface area contributed by atoms with E-state index in [0.717, 1.165) is 24.6 Å².